The Balaban J connectivity index is 2.68. The van der Waals surface area contributed by atoms with E-state index in [1.165, 1.54) is 21.9 Å². The summed E-state index contributed by atoms with van der Waals surface area (Å²) in [7, 11) is 0. The molecule has 0 aliphatic rings. The lowest BCUT2D eigenvalue weighted by Gasteiger charge is -2.01. The molecule has 0 N–H and O–H groups in total. The highest BCUT2D eigenvalue weighted by Gasteiger charge is 1.95. The minimum absolute atomic E-state index is 0.927. The Morgan fingerprint density at radius 3 is 2.54 bits per heavy atom. The van der Waals surface area contributed by atoms with Gasteiger partial charge in [0.25, 0.3) is 0 Å². The number of aryl methyl sites for hydroxylation is 1. The molecule has 0 heterocycles. The van der Waals surface area contributed by atoms with Crippen LogP contribution in [-0.2, 0) is 5.33 Å². The molecule has 13 heavy (non-hydrogen) atoms. The first kappa shape index (κ1) is 8.76. The highest BCUT2D eigenvalue weighted by Crippen LogP contribution is 2.18. The fraction of sp³-hybridized carbons (Fsp3) is 0.167. The smallest absolute Gasteiger partial charge is 0.0283 e. The Hall–Kier alpha value is -0.820. The summed E-state index contributed by atoms with van der Waals surface area (Å²) in [6, 6.07) is 13.1. The summed E-state index contributed by atoms with van der Waals surface area (Å²) in [5.41, 5.74) is 2.65. The largest absolute Gasteiger partial charge is 0.0876 e. The number of rotatable bonds is 1. The van der Waals surface area contributed by atoms with Crippen LogP contribution >= 0.6 is 15.9 Å². The predicted octanol–water partition coefficient (Wildman–Crippen LogP) is 4.04. The van der Waals surface area contributed by atoms with Gasteiger partial charge in [-0.1, -0.05) is 57.9 Å². The quantitative estimate of drug-likeness (QED) is 0.654. The lowest BCUT2D eigenvalue weighted by Crippen LogP contribution is -1.79. The molecule has 2 aromatic rings. The molecule has 0 atom stereocenters. The Morgan fingerprint density at radius 1 is 1.00 bits per heavy atom. The molecular formula is C12H11Br. The molecule has 0 spiro atoms. The van der Waals surface area contributed by atoms with Crippen LogP contribution in [0.25, 0.3) is 10.8 Å². The second-order valence-corrected chi connectivity index (χ2v) is 3.88. The van der Waals surface area contributed by atoms with Gasteiger partial charge in [0.05, 0.1) is 0 Å². The van der Waals surface area contributed by atoms with E-state index < -0.39 is 0 Å². The zero-order chi connectivity index (χ0) is 9.26. The highest BCUT2D eigenvalue weighted by molar-refractivity contribution is 9.08. The summed E-state index contributed by atoms with van der Waals surface area (Å²) < 4.78 is 0. The van der Waals surface area contributed by atoms with E-state index in [-0.39, 0.29) is 0 Å². The van der Waals surface area contributed by atoms with Gasteiger partial charge in [-0.05, 0) is 23.3 Å². The number of hydrogen-bond acceptors (Lipinski definition) is 0. The molecule has 0 aliphatic carbocycles. The van der Waals surface area contributed by atoms with Crippen molar-refractivity contribution in [3.63, 3.8) is 0 Å². The number of fused-ring (bicyclic) bond motifs is 1. The van der Waals surface area contributed by atoms with Crippen molar-refractivity contribution >= 4 is 26.7 Å². The maximum absolute atomic E-state index is 3.46. The van der Waals surface area contributed by atoms with Crippen molar-refractivity contribution < 1.29 is 0 Å². The summed E-state index contributed by atoms with van der Waals surface area (Å²) in [5.74, 6) is 0. The summed E-state index contributed by atoms with van der Waals surface area (Å²) >= 11 is 3.46. The molecule has 0 fully saturated rings. The molecule has 2 aromatic carbocycles. The molecule has 0 radical (unpaired) electrons. The van der Waals surface area contributed by atoms with Crippen LogP contribution in [0.2, 0.25) is 0 Å². The summed E-state index contributed by atoms with van der Waals surface area (Å²) in [6.45, 7) is 2.13. The zero-order valence-electron chi connectivity index (χ0n) is 7.55. The fourth-order valence-electron chi connectivity index (χ4n) is 1.50. The first-order valence-corrected chi connectivity index (χ1v) is 5.47. The van der Waals surface area contributed by atoms with Crippen molar-refractivity contribution in [2.24, 2.45) is 0 Å². The predicted molar refractivity (Wildman–Crippen MR) is 61.3 cm³/mol. The van der Waals surface area contributed by atoms with Crippen LogP contribution in [0.4, 0.5) is 0 Å². The summed E-state index contributed by atoms with van der Waals surface area (Å²) in [4.78, 5) is 0. The van der Waals surface area contributed by atoms with Crippen LogP contribution in [0.3, 0.4) is 0 Å². The SMILES string of the molecule is Cc1ccc2ccc(CBr)cc2c1. The van der Waals surface area contributed by atoms with E-state index in [2.05, 4.69) is 59.3 Å². The Morgan fingerprint density at radius 2 is 1.77 bits per heavy atom. The molecule has 1 heteroatoms. The molecule has 66 valence electrons. The van der Waals surface area contributed by atoms with Crippen LogP contribution < -0.4 is 0 Å². The third-order valence-electron chi connectivity index (χ3n) is 2.21. The van der Waals surface area contributed by atoms with Gasteiger partial charge in [0.2, 0.25) is 0 Å². The maximum atomic E-state index is 3.46. The third-order valence-corrected chi connectivity index (χ3v) is 2.86. The van der Waals surface area contributed by atoms with E-state index in [9.17, 15) is 0 Å². The van der Waals surface area contributed by atoms with Crippen molar-refractivity contribution in [3.8, 4) is 0 Å². The molecule has 0 saturated carbocycles. The highest BCUT2D eigenvalue weighted by atomic mass is 79.9. The van der Waals surface area contributed by atoms with Crippen LogP contribution in [-0.4, -0.2) is 0 Å². The van der Waals surface area contributed by atoms with Crippen LogP contribution in [0.1, 0.15) is 11.1 Å². The lowest BCUT2D eigenvalue weighted by atomic mass is 10.1. The van der Waals surface area contributed by atoms with E-state index in [1.807, 2.05) is 0 Å². The third kappa shape index (κ3) is 1.75. The average molecular weight is 235 g/mol. The lowest BCUT2D eigenvalue weighted by molar-refractivity contribution is 1.45. The number of alkyl halides is 1. The van der Waals surface area contributed by atoms with Gasteiger partial charge in [-0.25, -0.2) is 0 Å². The van der Waals surface area contributed by atoms with Crippen LogP contribution in [0, 0.1) is 6.92 Å². The summed E-state index contributed by atoms with van der Waals surface area (Å²) in [6.07, 6.45) is 0. The van der Waals surface area contributed by atoms with Crippen molar-refractivity contribution in [2.75, 3.05) is 0 Å². The van der Waals surface area contributed by atoms with Gasteiger partial charge in [0, 0.05) is 5.33 Å². The van der Waals surface area contributed by atoms with Crippen molar-refractivity contribution in [2.45, 2.75) is 12.3 Å². The molecule has 0 unspecified atom stereocenters. The number of halogens is 1. The first-order chi connectivity index (χ1) is 6.29. The minimum Gasteiger partial charge on any atom is -0.0876 e. The van der Waals surface area contributed by atoms with Crippen molar-refractivity contribution in [1.82, 2.24) is 0 Å². The van der Waals surface area contributed by atoms with E-state index >= 15 is 0 Å². The fourth-order valence-corrected chi connectivity index (χ4v) is 1.85. The molecule has 0 aliphatic heterocycles. The molecule has 2 rings (SSSR count). The molecule has 0 amide bonds. The second-order valence-electron chi connectivity index (χ2n) is 3.32. The monoisotopic (exact) mass is 234 g/mol. The number of hydrogen-bond donors (Lipinski definition) is 0. The number of benzene rings is 2. The van der Waals surface area contributed by atoms with Gasteiger partial charge >= 0.3 is 0 Å². The van der Waals surface area contributed by atoms with Crippen molar-refractivity contribution in [3.05, 3.63) is 47.5 Å². The van der Waals surface area contributed by atoms with Crippen LogP contribution in [0.5, 0.6) is 0 Å². The molecule has 0 aromatic heterocycles. The first-order valence-electron chi connectivity index (χ1n) is 4.35. The normalized spacial score (nSPS) is 10.6. The summed E-state index contributed by atoms with van der Waals surface area (Å²) in [5, 5.41) is 3.57. The average Bonchev–Trinajstić information content (AvgIpc) is 2.16. The molecule has 0 bridgehead atoms. The molecular weight excluding hydrogens is 224 g/mol. The topological polar surface area (TPSA) is 0 Å². The van der Waals surface area contributed by atoms with Gasteiger partial charge < -0.3 is 0 Å². The molecule has 0 nitrogen and oxygen atoms in total. The van der Waals surface area contributed by atoms with Gasteiger partial charge in [0.1, 0.15) is 0 Å². The van der Waals surface area contributed by atoms with Gasteiger partial charge in [-0.2, -0.15) is 0 Å². The van der Waals surface area contributed by atoms with Gasteiger partial charge in [-0.15, -0.1) is 0 Å². The van der Waals surface area contributed by atoms with Gasteiger partial charge in [-0.3, -0.25) is 0 Å². The Bertz CT molecular complexity index is 432. The van der Waals surface area contributed by atoms with E-state index in [0.717, 1.165) is 5.33 Å². The zero-order valence-corrected chi connectivity index (χ0v) is 9.14. The maximum Gasteiger partial charge on any atom is 0.0283 e. The van der Waals surface area contributed by atoms with Crippen molar-refractivity contribution in [1.29, 1.82) is 0 Å². The van der Waals surface area contributed by atoms with Gasteiger partial charge in [0.15, 0.2) is 0 Å². The standard InChI is InChI=1S/C12H11Br/c1-9-2-4-11-5-3-10(8-13)7-12(11)6-9/h2-7H,8H2,1H3. The molecule has 0 saturated heterocycles. The van der Waals surface area contributed by atoms with E-state index in [1.54, 1.807) is 0 Å². The van der Waals surface area contributed by atoms with E-state index in [4.69, 9.17) is 0 Å². The minimum atomic E-state index is 0.927. The Kier molecular flexibility index (Phi) is 2.36. The van der Waals surface area contributed by atoms with Crippen LogP contribution in [0.15, 0.2) is 36.4 Å². The second kappa shape index (κ2) is 3.51. The van der Waals surface area contributed by atoms with E-state index in [0.29, 0.717) is 0 Å². The Labute approximate surface area is 86.7 Å².